The van der Waals surface area contributed by atoms with Crippen LogP contribution >= 0.6 is 0 Å². The van der Waals surface area contributed by atoms with Gasteiger partial charge >= 0.3 is 0 Å². The number of aromatic nitrogens is 1. The van der Waals surface area contributed by atoms with Crippen LogP contribution in [-0.2, 0) is 13.1 Å². The number of carbonyl (C=O) groups excluding carboxylic acids is 1. The Morgan fingerprint density at radius 1 is 0.941 bits per heavy atom. The van der Waals surface area contributed by atoms with Crippen molar-refractivity contribution in [3.8, 4) is 0 Å². The standard InChI is InChI=1S/C28H29N3O3/c1-20(24-13-7-11-22-10-5-6-12-25(22)24)29-27(33)26-15-14-23(30-28(26)34)19-31(16-17-32)18-21-8-3-2-4-9-21/h2-15,20,32H,16-19H2,1H3,(H,29,33)(H,30,34). The zero-order valence-electron chi connectivity index (χ0n) is 19.2. The Bertz CT molecular complexity index is 1310. The van der Waals surface area contributed by atoms with Crippen molar-refractivity contribution in [1.29, 1.82) is 0 Å². The smallest absolute Gasteiger partial charge is 0.261 e. The molecule has 0 aliphatic rings. The molecule has 0 aliphatic heterocycles. The van der Waals surface area contributed by atoms with E-state index in [-0.39, 0.29) is 18.2 Å². The third-order valence-electron chi connectivity index (χ3n) is 5.91. The summed E-state index contributed by atoms with van der Waals surface area (Å²) in [6.07, 6.45) is 0. The fourth-order valence-electron chi connectivity index (χ4n) is 4.20. The molecule has 6 heteroatoms. The Kier molecular flexibility index (Phi) is 7.52. The molecule has 3 N–H and O–H groups in total. The van der Waals surface area contributed by atoms with E-state index < -0.39 is 11.5 Å². The molecule has 4 aromatic rings. The number of hydrogen-bond donors (Lipinski definition) is 3. The van der Waals surface area contributed by atoms with Gasteiger partial charge in [0, 0.05) is 25.3 Å². The number of nitrogens with one attached hydrogen (secondary N) is 2. The molecule has 0 saturated carbocycles. The van der Waals surface area contributed by atoms with Crippen molar-refractivity contribution in [3.05, 3.63) is 118 Å². The first-order valence-corrected chi connectivity index (χ1v) is 11.4. The quantitative estimate of drug-likeness (QED) is 0.356. The van der Waals surface area contributed by atoms with Crippen LogP contribution in [0.15, 0.2) is 89.7 Å². The van der Waals surface area contributed by atoms with Gasteiger partial charge in [-0.05, 0) is 41.0 Å². The van der Waals surface area contributed by atoms with Crippen LogP contribution in [0.2, 0.25) is 0 Å². The van der Waals surface area contributed by atoms with Crippen LogP contribution in [0.4, 0.5) is 0 Å². The van der Waals surface area contributed by atoms with Crippen LogP contribution in [0.5, 0.6) is 0 Å². The van der Waals surface area contributed by atoms with Gasteiger partial charge in [-0.15, -0.1) is 0 Å². The minimum Gasteiger partial charge on any atom is -0.395 e. The van der Waals surface area contributed by atoms with Crippen molar-refractivity contribution in [3.63, 3.8) is 0 Å². The summed E-state index contributed by atoms with van der Waals surface area (Å²) in [6, 6.07) is 27.0. The summed E-state index contributed by atoms with van der Waals surface area (Å²) in [4.78, 5) is 30.5. The number of carbonyl (C=O) groups is 1. The van der Waals surface area contributed by atoms with E-state index in [1.807, 2.05) is 84.6 Å². The van der Waals surface area contributed by atoms with Crippen LogP contribution in [0.1, 0.15) is 40.1 Å². The van der Waals surface area contributed by atoms with Gasteiger partial charge in [0.25, 0.3) is 11.5 Å². The van der Waals surface area contributed by atoms with Crippen molar-refractivity contribution in [2.75, 3.05) is 13.2 Å². The van der Waals surface area contributed by atoms with E-state index in [2.05, 4.69) is 10.3 Å². The minimum atomic E-state index is -0.427. The van der Waals surface area contributed by atoms with E-state index in [1.165, 1.54) is 0 Å². The van der Waals surface area contributed by atoms with Gasteiger partial charge in [-0.2, -0.15) is 0 Å². The summed E-state index contributed by atoms with van der Waals surface area (Å²) in [5, 5.41) is 14.6. The number of rotatable bonds is 9. The molecule has 1 heterocycles. The summed E-state index contributed by atoms with van der Waals surface area (Å²) < 4.78 is 0. The molecule has 1 aromatic heterocycles. The summed E-state index contributed by atoms with van der Waals surface area (Å²) in [7, 11) is 0. The number of aliphatic hydroxyl groups excluding tert-OH is 1. The average molecular weight is 456 g/mol. The first kappa shape index (κ1) is 23.4. The number of aliphatic hydroxyl groups is 1. The van der Waals surface area contributed by atoms with Crippen LogP contribution in [-0.4, -0.2) is 34.0 Å². The largest absolute Gasteiger partial charge is 0.395 e. The van der Waals surface area contributed by atoms with E-state index in [9.17, 15) is 14.7 Å². The number of pyridine rings is 1. The summed E-state index contributed by atoms with van der Waals surface area (Å²) in [5.41, 5.74) is 2.46. The van der Waals surface area contributed by atoms with Gasteiger partial charge in [-0.25, -0.2) is 0 Å². The van der Waals surface area contributed by atoms with Crippen LogP contribution in [0.25, 0.3) is 10.8 Å². The lowest BCUT2D eigenvalue weighted by atomic mass is 9.99. The van der Waals surface area contributed by atoms with Crippen molar-refractivity contribution in [2.24, 2.45) is 0 Å². The highest BCUT2D eigenvalue weighted by Crippen LogP contribution is 2.24. The molecule has 0 aliphatic carbocycles. The number of H-pyrrole nitrogens is 1. The van der Waals surface area contributed by atoms with E-state index >= 15 is 0 Å². The first-order chi connectivity index (χ1) is 16.5. The van der Waals surface area contributed by atoms with E-state index in [1.54, 1.807) is 12.1 Å². The number of amides is 1. The molecule has 0 spiro atoms. The van der Waals surface area contributed by atoms with E-state index in [0.717, 1.165) is 21.9 Å². The predicted octanol–water partition coefficient (Wildman–Crippen LogP) is 4.01. The Morgan fingerprint density at radius 2 is 1.68 bits per heavy atom. The van der Waals surface area contributed by atoms with Gasteiger partial charge in [0.2, 0.25) is 0 Å². The maximum Gasteiger partial charge on any atom is 0.261 e. The molecule has 1 atom stereocenters. The van der Waals surface area contributed by atoms with E-state index in [0.29, 0.717) is 25.3 Å². The average Bonchev–Trinajstić information content (AvgIpc) is 2.84. The molecule has 6 nitrogen and oxygen atoms in total. The molecular formula is C28H29N3O3. The normalized spacial score (nSPS) is 12.1. The lowest BCUT2D eigenvalue weighted by molar-refractivity contribution is 0.0938. The summed E-state index contributed by atoms with van der Waals surface area (Å²) in [5.74, 6) is -0.412. The van der Waals surface area contributed by atoms with Crippen molar-refractivity contribution in [2.45, 2.75) is 26.1 Å². The topological polar surface area (TPSA) is 85.4 Å². The molecule has 174 valence electrons. The molecule has 4 rings (SSSR count). The van der Waals surface area contributed by atoms with Gasteiger partial charge in [0.1, 0.15) is 5.56 Å². The first-order valence-electron chi connectivity index (χ1n) is 11.4. The molecule has 3 aromatic carbocycles. The summed E-state index contributed by atoms with van der Waals surface area (Å²) in [6.45, 7) is 3.51. The Hall–Kier alpha value is -3.74. The van der Waals surface area contributed by atoms with Crippen LogP contribution in [0, 0.1) is 0 Å². The van der Waals surface area contributed by atoms with Crippen LogP contribution in [0.3, 0.4) is 0 Å². The van der Waals surface area contributed by atoms with E-state index in [4.69, 9.17) is 0 Å². The Labute approximate surface area is 198 Å². The molecule has 0 bridgehead atoms. The minimum absolute atomic E-state index is 0.0175. The fraction of sp³-hybridized carbons (Fsp3) is 0.214. The highest BCUT2D eigenvalue weighted by atomic mass is 16.3. The van der Waals surface area contributed by atoms with Gasteiger partial charge in [0.05, 0.1) is 12.6 Å². The maximum atomic E-state index is 12.9. The zero-order valence-corrected chi connectivity index (χ0v) is 19.2. The molecule has 0 fully saturated rings. The highest BCUT2D eigenvalue weighted by molar-refractivity contribution is 5.94. The van der Waals surface area contributed by atoms with Gasteiger partial charge < -0.3 is 15.4 Å². The zero-order chi connectivity index (χ0) is 23.9. The third kappa shape index (κ3) is 5.60. The summed E-state index contributed by atoms with van der Waals surface area (Å²) >= 11 is 0. The molecule has 0 radical (unpaired) electrons. The molecule has 1 unspecified atom stereocenters. The second kappa shape index (κ2) is 10.9. The van der Waals surface area contributed by atoms with Crippen molar-refractivity contribution >= 4 is 16.7 Å². The Balaban J connectivity index is 1.46. The number of nitrogens with zero attached hydrogens (tertiary/aromatic N) is 1. The molecule has 1 amide bonds. The maximum absolute atomic E-state index is 12.9. The lowest BCUT2D eigenvalue weighted by Gasteiger charge is -2.21. The number of fused-ring (bicyclic) bond motifs is 1. The van der Waals surface area contributed by atoms with Gasteiger partial charge in [-0.3, -0.25) is 14.5 Å². The number of aromatic amines is 1. The van der Waals surface area contributed by atoms with Crippen LogP contribution < -0.4 is 10.9 Å². The predicted molar refractivity (Wildman–Crippen MR) is 135 cm³/mol. The van der Waals surface area contributed by atoms with Gasteiger partial charge in [-0.1, -0.05) is 72.8 Å². The third-order valence-corrected chi connectivity index (χ3v) is 5.91. The van der Waals surface area contributed by atoms with Gasteiger partial charge in [0.15, 0.2) is 0 Å². The monoisotopic (exact) mass is 455 g/mol. The number of benzene rings is 3. The molecule has 34 heavy (non-hydrogen) atoms. The second-order valence-electron chi connectivity index (χ2n) is 8.41. The lowest BCUT2D eigenvalue weighted by Crippen LogP contribution is -2.33. The Morgan fingerprint density at radius 3 is 2.44 bits per heavy atom. The number of hydrogen-bond acceptors (Lipinski definition) is 4. The highest BCUT2D eigenvalue weighted by Gasteiger charge is 2.17. The fourth-order valence-corrected chi connectivity index (χ4v) is 4.20. The van der Waals surface area contributed by atoms with Crippen molar-refractivity contribution in [1.82, 2.24) is 15.2 Å². The van der Waals surface area contributed by atoms with Crippen molar-refractivity contribution < 1.29 is 9.90 Å². The molecule has 0 saturated heterocycles. The SMILES string of the molecule is CC(NC(=O)c1ccc(CN(CCO)Cc2ccccc2)[nH]c1=O)c1cccc2ccccc12. The molecular weight excluding hydrogens is 426 g/mol. The second-order valence-corrected chi connectivity index (χ2v) is 8.41.